The maximum atomic E-state index is 6.32. The lowest BCUT2D eigenvalue weighted by Crippen LogP contribution is -2.24. The van der Waals surface area contributed by atoms with E-state index in [2.05, 4.69) is 6.08 Å². The van der Waals surface area contributed by atoms with Crippen LogP contribution in [-0.2, 0) is 4.74 Å². The molecule has 1 nitrogen and oxygen atoms in total. The van der Waals surface area contributed by atoms with Crippen LogP contribution in [0.15, 0.2) is 11.6 Å². The second-order valence-electron chi connectivity index (χ2n) is 5.75. The SMILES string of the molecule is ClC1C=C(CC2CCC3(CCCC3)O2)CC1. The van der Waals surface area contributed by atoms with Gasteiger partial charge < -0.3 is 4.74 Å². The van der Waals surface area contributed by atoms with Crippen molar-refractivity contribution in [3.05, 3.63) is 11.6 Å². The minimum absolute atomic E-state index is 0.289. The van der Waals surface area contributed by atoms with Gasteiger partial charge >= 0.3 is 0 Å². The van der Waals surface area contributed by atoms with Crippen molar-refractivity contribution in [3.63, 3.8) is 0 Å². The highest BCUT2D eigenvalue weighted by atomic mass is 35.5. The van der Waals surface area contributed by atoms with Crippen molar-refractivity contribution in [1.82, 2.24) is 0 Å². The third-order valence-corrected chi connectivity index (χ3v) is 4.85. The zero-order valence-corrected chi connectivity index (χ0v) is 10.6. The molecule has 2 heteroatoms. The minimum Gasteiger partial charge on any atom is -0.371 e. The van der Waals surface area contributed by atoms with E-state index in [1.165, 1.54) is 44.9 Å². The van der Waals surface area contributed by atoms with Crippen molar-refractivity contribution in [1.29, 1.82) is 0 Å². The predicted molar refractivity (Wildman–Crippen MR) is 66.9 cm³/mol. The molecule has 1 saturated heterocycles. The largest absolute Gasteiger partial charge is 0.371 e. The summed E-state index contributed by atoms with van der Waals surface area (Å²) in [6.07, 6.45) is 14.1. The van der Waals surface area contributed by atoms with Crippen molar-refractivity contribution in [2.24, 2.45) is 0 Å². The molecule has 2 unspecified atom stereocenters. The molecule has 1 heterocycles. The molecule has 3 rings (SSSR count). The number of hydrogen-bond donors (Lipinski definition) is 0. The Morgan fingerprint density at radius 2 is 2.06 bits per heavy atom. The van der Waals surface area contributed by atoms with E-state index < -0.39 is 0 Å². The molecular formula is C14H21ClO. The van der Waals surface area contributed by atoms with Crippen molar-refractivity contribution in [2.45, 2.75) is 74.9 Å². The molecule has 3 aliphatic rings. The van der Waals surface area contributed by atoms with E-state index in [-0.39, 0.29) is 5.38 Å². The highest BCUT2D eigenvalue weighted by Crippen LogP contribution is 2.45. The maximum absolute atomic E-state index is 6.32. The van der Waals surface area contributed by atoms with E-state index in [0.29, 0.717) is 11.7 Å². The van der Waals surface area contributed by atoms with Gasteiger partial charge in [0.15, 0.2) is 0 Å². The molecule has 1 aliphatic heterocycles. The summed E-state index contributed by atoms with van der Waals surface area (Å²) in [5, 5.41) is 0.289. The summed E-state index contributed by atoms with van der Waals surface area (Å²) in [4.78, 5) is 0. The van der Waals surface area contributed by atoms with Crippen LogP contribution in [0.5, 0.6) is 0 Å². The number of rotatable bonds is 2. The van der Waals surface area contributed by atoms with Crippen LogP contribution < -0.4 is 0 Å². The second-order valence-corrected chi connectivity index (χ2v) is 6.31. The molecule has 0 N–H and O–H groups in total. The fraction of sp³-hybridized carbons (Fsp3) is 0.857. The van der Waals surface area contributed by atoms with Crippen molar-refractivity contribution in [3.8, 4) is 0 Å². The Labute approximate surface area is 103 Å². The lowest BCUT2D eigenvalue weighted by atomic mass is 9.97. The molecule has 90 valence electrons. The summed E-state index contributed by atoms with van der Waals surface area (Å²) in [6.45, 7) is 0. The van der Waals surface area contributed by atoms with Gasteiger partial charge in [0.05, 0.1) is 17.1 Å². The van der Waals surface area contributed by atoms with Gasteiger partial charge in [-0.3, -0.25) is 0 Å². The predicted octanol–water partition coefficient (Wildman–Crippen LogP) is 4.20. The first-order chi connectivity index (χ1) is 7.76. The number of allylic oxidation sites excluding steroid dienone is 1. The van der Waals surface area contributed by atoms with E-state index in [1.807, 2.05) is 0 Å². The fourth-order valence-corrected chi connectivity index (χ4v) is 3.92. The third-order valence-electron chi connectivity index (χ3n) is 4.50. The zero-order valence-electron chi connectivity index (χ0n) is 9.88. The summed E-state index contributed by atoms with van der Waals surface area (Å²) in [6, 6.07) is 0. The average molecular weight is 241 g/mol. The highest BCUT2D eigenvalue weighted by molar-refractivity contribution is 6.22. The van der Waals surface area contributed by atoms with Gasteiger partial charge in [0.1, 0.15) is 0 Å². The molecule has 0 aromatic heterocycles. The van der Waals surface area contributed by atoms with Crippen LogP contribution in [0.4, 0.5) is 0 Å². The van der Waals surface area contributed by atoms with Gasteiger partial charge in [0, 0.05) is 0 Å². The van der Waals surface area contributed by atoms with Gasteiger partial charge in [-0.1, -0.05) is 24.5 Å². The van der Waals surface area contributed by atoms with Gasteiger partial charge in [-0.2, -0.15) is 0 Å². The van der Waals surface area contributed by atoms with Crippen LogP contribution in [-0.4, -0.2) is 17.1 Å². The molecule has 0 aromatic carbocycles. The summed E-state index contributed by atoms with van der Waals surface area (Å²) < 4.78 is 6.32. The molecule has 0 aromatic rings. The zero-order chi connectivity index (χ0) is 11.0. The molecule has 2 fully saturated rings. The van der Waals surface area contributed by atoms with Crippen LogP contribution in [0.25, 0.3) is 0 Å². The Balaban J connectivity index is 1.56. The lowest BCUT2D eigenvalue weighted by Gasteiger charge is -2.24. The maximum Gasteiger partial charge on any atom is 0.0687 e. The summed E-state index contributed by atoms with van der Waals surface area (Å²) in [5.74, 6) is 0. The Hall–Kier alpha value is -0.0100. The summed E-state index contributed by atoms with van der Waals surface area (Å²) in [7, 11) is 0. The van der Waals surface area contributed by atoms with Crippen LogP contribution in [0.2, 0.25) is 0 Å². The topological polar surface area (TPSA) is 9.23 Å². The van der Waals surface area contributed by atoms with Gasteiger partial charge in [0.25, 0.3) is 0 Å². The first-order valence-corrected chi connectivity index (χ1v) is 7.21. The monoisotopic (exact) mass is 240 g/mol. The van der Waals surface area contributed by atoms with E-state index in [4.69, 9.17) is 16.3 Å². The number of ether oxygens (including phenoxy) is 1. The second kappa shape index (κ2) is 4.34. The van der Waals surface area contributed by atoms with Crippen LogP contribution in [0.1, 0.15) is 57.8 Å². The van der Waals surface area contributed by atoms with Gasteiger partial charge in [-0.25, -0.2) is 0 Å². The molecule has 2 atom stereocenters. The summed E-state index contributed by atoms with van der Waals surface area (Å²) >= 11 is 6.10. The van der Waals surface area contributed by atoms with Gasteiger partial charge in [-0.05, 0) is 44.9 Å². The number of alkyl halides is 1. The number of hydrogen-bond acceptors (Lipinski definition) is 1. The molecule has 1 spiro atoms. The smallest absolute Gasteiger partial charge is 0.0687 e. The Kier molecular flexibility index (Phi) is 3.01. The minimum atomic E-state index is 0.289. The van der Waals surface area contributed by atoms with Crippen molar-refractivity contribution < 1.29 is 4.74 Å². The quantitative estimate of drug-likeness (QED) is 0.519. The lowest BCUT2D eigenvalue weighted by molar-refractivity contribution is -0.0356. The molecule has 16 heavy (non-hydrogen) atoms. The van der Waals surface area contributed by atoms with E-state index >= 15 is 0 Å². The summed E-state index contributed by atoms with van der Waals surface area (Å²) in [5.41, 5.74) is 1.84. The fourth-order valence-electron chi connectivity index (χ4n) is 3.63. The van der Waals surface area contributed by atoms with Crippen LogP contribution in [0.3, 0.4) is 0 Å². The van der Waals surface area contributed by atoms with E-state index in [0.717, 1.165) is 12.8 Å². The van der Waals surface area contributed by atoms with Gasteiger partial charge in [0.2, 0.25) is 0 Å². The van der Waals surface area contributed by atoms with E-state index in [1.54, 1.807) is 5.57 Å². The van der Waals surface area contributed by atoms with Crippen molar-refractivity contribution in [2.75, 3.05) is 0 Å². The molecule has 1 saturated carbocycles. The average Bonchev–Trinajstić information content (AvgIpc) is 2.94. The van der Waals surface area contributed by atoms with Gasteiger partial charge in [-0.15, -0.1) is 11.6 Å². The molecule has 0 bridgehead atoms. The number of halogens is 1. The first-order valence-electron chi connectivity index (χ1n) is 6.77. The third kappa shape index (κ3) is 2.17. The van der Waals surface area contributed by atoms with E-state index in [9.17, 15) is 0 Å². The molecule has 0 amide bonds. The Morgan fingerprint density at radius 3 is 2.75 bits per heavy atom. The van der Waals surface area contributed by atoms with Crippen LogP contribution >= 0.6 is 11.6 Å². The molecular weight excluding hydrogens is 220 g/mol. The molecule has 2 aliphatic carbocycles. The molecule has 0 radical (unpaired) electrons. The standard InChI is InChI=1S/C14H21ClO/c15-12-4-3-11(9-12)10-13-5-8-14(16-13)6-1-2-7-14/h9,12-13H,1-8,10H2. The normalized spacial score (nSPS) is 37.2. The van der Waals surface area contributed by atoms with Crippen molar-refractivity contribution >= 4 is 11.6 Å². The highest BCUT2D eigenvalue weighted by Gasteiger charge is 2.42. The van der Waals surface area contributed by atoms with Crippen LogP contribution in [0, 0.1) is 0 Å². The Bertz CT molecular complexity index is 291. The Morgan fingerprint density at radius 1 is 1.25 bits per heavy atom. The first kappa shape index (κ1) is 11.1.